The Bertz CT molecular complexity index is 1080. The summed E-state index contributed by atoms with van der Waals surface area (Å²) in [4.78, 5) is 20.7. The molecule has 1 saturated heterocycles. The van der Waals surface area contributed by atoms with Crippen LogP contribution in [0.25, 0.3) is 16.2 Å². The Kier molecular flexibility index (Phi) is 6.26. The first-order valence-corrected chi connectivity index (χ1v) is 12.6. The second-order valence-electron chi connectivity index (χ2n) is 9.04. The zero-order valence-corrected chi connectivity index (χ0v) is 19.5. The van der Waals surface area contributed by atoms with Crippen molar-refractivity contribution in [3.8, 4) is 11.3 Å². The quantitative estimate of drug-likeness (QED) is 0.539. The highest BCUT2D eigenvalue weighted by Crippen LogP contribution is 2.30. The highest BCUT2D eigenvalue weighted by atomic mass is 32.1. The number of piperidine rings is 1. The Morgan fingerprint density at radius 2 is 2.09 bits per heavy atom. The number of aryl methyl sites for hydroxylation is 1. The van der Waals surface area contributed by atoms with E-state index in [0.717, 1.165) is 60.2 Å². The van der Waals surface area contributed by atoms with E-state index < -0.39 is 0 Å². The first-order valence-electron chi connectivity index (χ1n) is 11.8. The largest absolute Gasteiger partial charge is 0.355 e. The van der Waals surface area contributed by atoms with Crippen LogP contribution < -0.4 is 10.2 Å². The van der Waals surface area contributed by atoms with E-state index in [2.05, 4.69) is 47.5 Å². The normalized spacial score (nSPS) is 19.2. The lowest BCUT2D eigenvalue weighted by atomic mass is 9.96. The first kappa shape index (κ1) is 21.2. The Balaban J connectivity index is 1.20. The molecule has 5 rings (SSSR count). The van der Waals surface area contributed by atoms with Crippen molar-refractivity contribution < 1.29 is 4.79 Å². The number of benzene rings is 1. The van der Waals surface area contributed by atoms with E-state index in [4.69, 9.17) is 10.1 Å². The zero-order chi connectivity index (χ0) is 21.9. The van der Waals surface area contributed by atoms with Crippen LogP contribution in [0.15, 0.2) is 42.1 Å². The summed E-state index contributed by atoms with van der Waals surface area (Å²) in [6.07, 6.45) is 12.3. The molecule has 1 N–H and O–H groups in total. The summed E-state index contributed by atoms with van der Waals surface area (Å²) in [5.41, 5.74) is 4.80. The molecule has 3 aromatic rings. The van der Waals surface area contributed by atoms with Crippen LogP contribution in [0.3, 0.4) is 0 Å². The molecule has 2 aromatic heterocycles. The summed E-state index contributed by atoms with van der Waals surface area (Å²) in [6.45, 7) is 4.52. The van der Waals surface area contributed by atoms with E-state index in [0.29, 0.717) is 0 Å². The lowest BCUT2D eigenvalue weighted by Gasteiger charge is -2.31. The molecule has 0 bridgehead atoms. The summed E-state index contributed by atoms with van der Waals surface area (Å²) < 4.78 is 1.87. The minimum absolute atomic E-state index is 0.0310. The van der Waals surface area contributed by atoms with E-state index in [-0.39, 0.29) is 11.8 Å². The molecule has 6 nitrogen and oxygen atoms in total. The van der Waals surface area contributed by atoms with Crippen LogP contribution >= 0.6 is 11.3 Å². The van der Waals surface area contributed by atoms with E-state index >= 15 is 0 Å². The Labute approximate surface area is 193 Å². The number of carbonyl (C=O) groups is 1. The third kappa shape index (κ3) is 4.72. The number of amides is 1. The van der Waals surface area contributed by atoms with Gasteiger partial charge in [-0.1, -0.05) is 52.8 Å². The molecule has 7 heteroatoms. The number of carbonyl (C=O) groups excluding carboxylic acids is 1. The number of fused-ring (bicyclic) bond motifs is 1. The standard InChI is InChI=1S/C25H31N5OS/c1-18-9-11-20(12-10-18)22-17-30-24(27-22)32-25(28-30)29-15-5-8-21(16-29)23(31)26-14-13-19-6-3-2-4-7-19/h6,9-12,17,21H,2-5,7-8,13-16H2,1H3,(H,26,31). The number of hydrogen-bond acceptors (Lipinski definition) is 5. The minimum Gasteiger partial charge on any atom is -0.355 e. The molecule has 1 fully saturated rings. The Hall–Kier alpha value is -2.67. The van der Waals surface area contributed by atoms with Crippen LogP contribution in [0.1, 0.15) is 50.5 Å². The molecule has 1 unspecified atom stereocenters. The van der Waals surface area contributed by atoms with Gasteiger partial charge < -0.3 is 10.2 Å². The average Bonchev–Trinajstić information content (AvgIpc) is 3.40. The van der Waals surface area contributed by atoms with E-state index in [1.54, 1.807) is 11.3 Å². The number of allylic oxidation sites excluding steroid dienone is 1. The minimum atomic E-state index is 0.0310. The van der Waals surface area contributed by atoms with Crippen LogP contribution in [-0.4, -0.2) is 40.1 Å². The summed E-state index contributed by atoms with van der Waals surface area (Å²) >= 11 is 1.60. The van der Waals surface area contributed by atoms with E-state index in [1.807, 2.05) is 10.7 Å². The smallest absolute Gasteiger partial charge is 0.224 e. The SMILES string of the molecule is Cc1ccc(-c2cn3nc(N4CCCC(C(=O)NCCC5=CCCCC5)C4)sc3n2)cc1. The maximum absolute atomic E-state index is 12.8. The van der Waals surface area contributed by atoms with Gasteiger partial charge in [-0.25, -0.2) is 9.50 Å². The van der Waals surface area contributed by atoms with Gasteiger partial charge in [0.15, 0.2) is 0 Å². The molecular weight excluding hydrogens is 418 g/mol. The molecule has 32 heavy (non-hydrogen) atoms. The Morgan fingerprint density at radius 3 is 2.88 bits per heavy atom. The molecule has 3 heterocycles. The van der Waals surface area contributed by atoms with Gasteiger partial charge in [-0.05, 0) is 51.9 Å². The summed E-state index contributed by atoms with van der Waals surface area (Å²) in [6, 6.07) is 8.40. The van der Waals surface area contributed by atoms with E-state index in [9.17, 15) is 4.79 Å². The second kappa shape index (κ2) is 9.45. The average molecular weight is 450 g/mol. The fourth-order valence-electron chi connectivity index (χ4n) is 4.67. The zero-order valence-electron chi connectivity index (χ0n) is 18.7. The van der Waals surface area contributed by atoms with Gasteiger partial charge in [-0.15, -0.1) is 5.10 Å². The van der Waals surface area contributed by atoms with Gasteiger partial charge >= 0.3 is 0 Å². The van der Waals surface area contributed by atoms with Crippen LogP contribution in [0.5, 0.6) is 0 Å². The lowest BCUT2D eigenvalue weighted by Crippen LogP contribution is -2.43. The number of nitrogens with one attached hydrogen (secondary N) is 1. The number of hydrogen-bond donors (Lipinski definition) is 1. The van der Waals surface area contributed by atoms with Crippen LogP contribution in [-0.2, 0) is 4.79 Å². The number of imidazole rings is 1. The predicted octanol–water partition coefficient (Wildman–Crippen LogP) is 4.99. The van der Waals surface area contributed by atoms with Gasteiger partial charge in [0.25, 0.3) is 0 Å². The molecule has 0 radical (unpaired) electrons. The summed E-state index contributed by atoms with van der Waals surface area (Å²) in [5, 5.41) is 8.91. The van der Waals surface area contributed by atoms with Crippen LogP contribution in [0, 0.1) is 12.8 Å². The van der Waals surface area contributed by atoms with Crippen molar-refractivity contribution in [1.29, 1.82) is 0 Å². The van der Waals surface area contributed by atoms with Gasteiger partial charge in [0.2, 0.25) is 16.0 Å². The molecule has 1 aromatic carbocycles. The monoisotopic (exact) mass is 449 g/mol. The molecule has 0 spiro atoms. The van der Waals surface area contributed by atoms with Gasteiger partial charge in [0.1, 0.15) is 0 Å². The fourth-order valence-corrected chi connectivity index (χ4v) is 5.59. The molecule has 2 aliphatic rings. The predicted molar refractivity (Wildman–Crippen MR) is 130 cm³/mol. The molecule has 168 valence electrons. The molecule has 0 saturated carbocycles. The highest BCUT2D eigenvalue weighted by molar-refractivity contribution is 7.20. The topological polar surface area (TPSA) is 62.5 Å². The maximum Gasteiger partial charge on any atom is 0.224 e. The third-order valence-electron chi connectivity index (χ3n) is 6.57. The molecule has 1 aliphatic heterocycles. The summed E-state index contributed by atoms with van der Waals surface area (Å²) in [7, 11) is 0. The number of rotatable bonds is 6. The molecule has 1 amide bonds. The highest BCUT2D eigenvalue weighted by Gasteiger charge is 2.27. The number of aromatic nitrogens is 3. The number of nitrogens with zero attached hydrogens (tertiary/aromatic N) is 4. The van der Waals surface area contributed by atoms with Gasteiger partial charge in [-0.2, -0.15) is 0 Å². The second-order valence-corrected chi connectivity index (χ2v) is 9.97. The van der Waals surface area contributed by atoms with E-state index in [1.165, 1.54) is 36.8 Å². The third-order valence-corrected chi connectivity index (χ3v) is 7.56. The van der Waals surface area contributed by atoms with Crippen molar-refractivity contribution in [2.45, 2.75) is 51.9 Å². The molecule has 1 aliphatic carbocycles. The van der Waals surface area contributed by atoms with Gasteiger partial charge in [0, 0.05) is 25.2 Å². The summed E-state index contributed by atoms with van der Waals surface area (Å²) in [5.74, 6) is 0.220. The van der Waals surface area contributed by atoms with Crippen molar-refractivity contribution in [3.05, 3.63) is 47.7 Å². The molecule has 1 atom stereocenters. The maximum atomic E-state index is 12.8. The van der Waals surface area contributed by atoms with Crippen molar-refractivity contribution in [2.24, 2.45) is 5.92 Å². The van der Waals surface area contributed by atoms with Gasteiger partial charge in [0.05, 0.1) is 17.8 Å². The number of anilines is 1. The van der Waals surface area contributed by atoms with Crippen LogP contribution in [0.2, 0.25) is 0 Å². The lowest BCUT2D eigenvalue weighted by molar-refractivity contribution is -0.125. The fraction of sp³-hybridized carbons (Fsp3) is 0.480. The van der Waals surface area contributed by atoms with Crippen molar-refractivity contribution in [2.75, 3.05) is 24.5 Å². The first-order chi connectivity index (χ1) is 15.7. The van der Waals surface area contributed by atoms with Gasteiger partial charge in [-0.3, -0.25) is 4.79 Å². The Morgan fingerprint density at radius 1 is 1.22 bits per heavy atom. The van der Waals surface area contributed by atoms with Crippen molar-refractivity contribution >= 4 is 27.3 Å². The molecular formula is C25H31N5OS. The van der Waals surface area contributed by atoms with Crippen molar-refractivity contribution in [3.63, 3.8) is 0 Å². The van der Waals surface area contributed by atoms with Crippen LogP contribution in [0.4, 0.5) is 5.13 Å². The van der Waals surface area contributed by atoms with Crippen molar-refractivity contribution in [1.82, 2.24) is 19.9 Å².